The minimum absolute atomic E-state index is 0.0848. The summed E-state index contributed by atoms with van der Waals surface area (Å²) in [6, 6.07) is 6.32. The zero-order valence-corrected chi connectivity index (χ0v) is 13.1. The predicted molar refractivity (Wildman–Crippen MR) is 80.6 cm³/mol. The third-order valence-corrected chi connectivity index (χ3v) is 6.66. The molecule has 2 unspecified atom stereocenters. The summed E-state index contributed by atoms with van der Waals surface area (Å²) in [7, 11) is -1.30. The van der Waals surface area contributed by atoms with E-state index < -0.39 is 10.0 Å². The first kappa shape index (κ1) is 14.8. The maximum Gasteiger partial charge on any atom is 0.243 e. The van der Waals surface area contributed by atoms with Crippen molar-refractivity contribution in [3.05, 3.63) is 24.3 Å². The fraction of sp³-hybridized carbons (Fsp3) is 0.600. The molecule has 0 bridgehead atoms. The quantitative estimate of drug-likeness (QED) is 0.899. The molecule has 116 valence electrons. The van der Waals surface area contributed by atoms with Crippen molar-refractivity contribution >= 4 is 10.0 Å². The first-order chi connectivity index (χ1) is 9.98. The Morgan fingerprint density at radius 2 is 1.86 bits per heavy atom. The van der Waals surface area contributed by atoms with Crippen LogP contribution in [0.25, 0.3) is 0 Å². The van der Waals surface area contributed by atoms with Gasteiger partial charge in [0.1, 0.15) is 5.75 Å². The number of rotatable bonds is 2. The van der Waals surface area contributed by atoms with E-state index in [4.69, 9.17) is 0 Å². The Kier molecular flexibility index (Phi) is 3.94. The Bertz CT molecular complexity index is 600. The maximum absolute atomic E-state index is 12.7. The van der Waals surface area contributed by atoms with Crippen LogP contribution in [0, 0.1) is 5.92 Å². The van der Waals surface area contributed by atoms with E-state index in [-0.39, 0.29) is 10.6 Å². The number of piperidine rings is 2. The molecule has 0 spiro atoms. The van der Waals surface area contributed by atoms with E-state index in [1.54, 1.807) is 4.31 Å². The summed E-state index contributed by atoms with van der Waals surface area (Å²) in [6.45, 7) is 2.30. The number of nitrogens with zero attached hydrogens (tertiary/aromatic N) is 2. The number of phenolic OH excluding ortho intramolecular Hbond substituents is 1. The number of hydrogen-bond donors (Lipinski definition) is 1. The number of likely N-dealkylation sites (tertiary alicyclic amines) is 1. The van der Waals surface area contributed by atoms with Gasteiger partial charge in [-0.1, -0.05) is 0 Å². The van der Waals surface area contributed by atoms with Crippen molar-refractivity contribution < 1.29 is 13.5 Å². The fourth-order valence-corrected chi connectivity index (χ4v) is 5.12. The molecule has 6 heteroatoms. The average molecular weight is 310 g/mol. The maximum atomic E-state index is 12.7. The number of fused-ring (bicyclic) bond motifs is 1. The van der Waals surface area contributed by atoms with Crippen molar-refractivity contribution in [1.82, 2.24) is 9.21 Å². The van der Waals surface area contributed by atoms with E-state index in [2.05, 4.69) is 11.9 Å². The van der Waals surface area contributed by atoms with Gasteiger partial charge < -0.3 is 10.0 Å². The molecule has 2 heterocycles. The highest BCUT2D eigenvalue weighted by molar-refractivity contribution is 7.89. The number of hydrogen-bond acceptors (Lipinski definition) is 4. The van der Waals surface area contributed by atoms with Crippen LogP contribution in [-0.4, -0.2) is 55.5 Å². The molecular weight excluding hydrogens is 288 g/mol. The van der Waals surface area contributed by atoms with E-state index >= 15 is 0 Å². The second kappa shape index (κ2) is 5.59. The van der Waals surface area contributed by atoms with E-state index in [1.165, 1.54) is 24.3 Å². The molecule has 0 aliphatic carbocycles. The molecular formula is C15H22N2O3S. The molecule has 1 aromatic rings. The van der Waals surface area contributed by atoms with E-state index in [0.717, 1.165) is 25.8 Å². The minimum atomic E-state index is -3.44. The van der Waals surface area contributed by atoms with Crippen molar-refractivity contribution in [3.8, 4) is 5.75 Å². The van der Waals surface area contributed by atoms with Gasteiger partial charge >= 0.3 is 0 Å². The van der Waals surface area contributed by atoms with Gasteiger partial charge in [-0.3, -0.25) is 0 Å². The highest BCUT2D eigenvalue weighted by Gasteiger charge is 2.38. The summed E-state index contributed by atoms with van der Waals surface area (Å²) < 4.78 is 27.0. The van der Waals surface area contributed by atoms with Gasteiger partial charge in [-0.15, -0.1) is 0 Å². The van der Waals surface area contributed by atoms with E-state index in [0.29, 0.717) is 25.0 Å². The molecule has 21 heavy (non-hydrogen) atoms. The standard InChI is InChI=1S/C15H22N2O3S/c1-16-9-2-3-12-11-17(10-8-15(12)16)21(19,20)14-6-4-13(18)5-7-14/h4-7,12,15,18H,2-3,8-11H2,1H3. The van der Waals surface area contributed by atoms with Crippen LogP contribution < -0.4 is 0 Å². The number of aromatic hydroxyl groups is 1. The van der Waals surface area contributed by atoms with Crippen LogP contribution >= 0.6 is 0 Å². The molecule has 2 saturated heterocycles. The predicted octanol–water partition coefficient (Wildman–Crippen LogP) is 1.50. The molecule has 0 amide bonds. The molecule has 1 N–H and O–H groups in total. The third kappa shape index (κ3) is 2.80. The van der Waals surface area contributed by atoms with Crippen molar-refractivity contribution in [2.45, 2.75) is 30.2 Å². The van der Waals surface area contributed by atoms with Gasteiger partial charge in [0.2, 0.25) is 10.0 Å². The zero-order chi connectivity index (χ0) is 15.0. The summed E-state index contributed by atoms with van der Waals surface area (Å²) >= 11 is 0. The molecule has 1 aromatic carbocycles. The van der Waals surface area contributed by atoms with Crippen LogP contribution in [0.3, 0.4) is 0 Å². The van der Waals surface area contributed by atoms with E-state index in [9.17, 15) is 13.5 Å². The molecule has 2 aliphatic rings. The Hall–Kier alpha value is -1.11. The molecule has 2 atom stereocenters. The van der Waals surface area contributed by atoms with Crippen molar-refractivity contribution in [2.75, 3.05) is 26.7 Å². The SMILES string of the molecule is CN1CCCC2CN(S(=O)(=O)c3ccc(O)cc3)CCC21. The topological polar surface area (TPSA) is 60.9 Å². The van der Waals surface area contributed by atoms with Gasteiger partial charge in [0.05, 0.1) is 4.90 Å². The van der Waals surface area contributed by atoms with Gasteiger partial charge in [0.25, 0.3) is 0 Å². The lowest BCUT2D eigenvalue weighted by Gasteiger charge is -2.45. The van der Waals surface area contributed by atoms with Crippen LogP contribution in [0.2, 0.25) is 0 Å². The monoisotopic (exact) mass is 310 g/mol. The molecule has 0 saturated carbocycles. The Morgan fingerprint density at radius 3 is 2.57 bits per heavy atom. The van der Waals surface area contributed by atoms with Gasteiger partial charge in [-0.25, -0.2) is 8.42 Å². The second-order valence-corrected chi connectivity index (χ2v) is 8.03. The average Bonchev–Trinajstić information content (AvgIpc) is 2.47. The number of sulfonamides is 1. The van der Waals surface area contributed by atoms with Gasteiger partial charge in [0, 0.05) is 19.1 Å². The minimum Gasteiger partial charge on any atom is -0.508 e. The molecule has 2 fully saturated rings. The second-order valence-electron chi connectivity index (χ2n) is 6.10. The van der Waals surface area contributed by atoms with Crippen molar-refractivity contribution in [1.29, 1.82) is 0 Å². The lowest BCUT2D eigenvalue weighted by Crippen LogP contribution is -2.53. The molecule has 0 radical (unpaired) electrons. The zero-order valence-electron chi connectivity index (χ0n) is 12.3. The molecule has 5 nitrogen and oxygen atoms in total. The van der Waals surface area contributed by atoms with Gasteiger partial charge in [-0.2, -0.15) is 4.31 Å². The summed E-state index contributed by atoms with van der Waals surface area (Å²) in [5, 5.41) is 9.30. The molecule has 3 rings (SSSR count). The largest absolute Gasteiger partial charge is 0.508 e. The Labute approximate surface area is 126 Å². The van der Waals surface area contributed by atoms with E-state index in [1.807, 2.05) is 0 Å². The Morgan fingerprint density at radius 1 is 1.14 bits per heavy atom. The normalized spacial score (nSPS) is 28.2. The lowest BCUT2D eigenvalue weighted by molar-refractivity contribution is 0.0671. The van der Waals surface area contributed by atoms with Crippen LogP contribution in [-0.2, 0) is 10.0 Å². The van der Waals surface area contributed by atoms with Crippen LogP contribution in [0.5, 0.6) is 5.75 Å². The highest BCUT2D eigenvalue weighted by atomic mass is 32.2. The highest BCUT2D eigenvalue weighted by Crippen LogP contribution is 2.32. The summed E-state index contributed by atoms with van der Waals surface area (Å²) in [5.74, 6) is 0.519. The number of benzene rings is 1. The third-order valence-electron chi connectivity index (χ3n) is 4.78. The van der Waals surface area contributed by atoms with Crippen LogP contribution in [0.1, 0.15) is 19.3 Å². The molecule has 0 aromatic heterocycles. The van der Waals surface area contributed by atoms with Gasteiger partial charge in [0.15, 0.2) is 0 Å². The fourth-order valence-electron chi connectivity index (χ4n) is 3.60. The first-order valence-corrected chi connectivity index (χ1v) is 8.92. The van der Waals surface area contributed by atoms with Crippen molar-refractivity contribution in [3.63, 3.8) is 0 Å². The summed E-state index contributed by atoms with van der Waals surface area (Å²) in [6.07, 6.45) is 3.15. The Balaban J connectivity index is 1.79. The van der Waals surface area contributed by atoms with Crippen LogP contribution in [0.15, 0.2) is 29.2 Å². The summed E-state index contributed by atoms with van der Waals surface area (Å²) in [4.78, 5) is 2.64. The lowest BCUT2D eigenvalue weighted by atomic mass is 9.85. The van der Waals surface area contributed by atoms with Crippen molar-refractivity contribution in [2.24, 2.45) is 5.92 Å². The van der Waals surface area contributed by atoms with Gasteiger partial charge in [-0.05, 0) is 63.0 Å². The first-order valence-electron chi connectivity index (χ1n) is 7.48. The summed E-state index contributed by atoms with van der Waals surface area (Å²) in [5.41, 5.74) is 0. The molecule has 2 aliphatic heterocycles. The van der Waals surface area contributed by atoms with Crippen LogP contribution in [0.4, 0.5) is 0 Å². The number of phenols is 1. The smallest absolute Gasteiger partial charge is 0.243 e.